The standard InChI is InChI=1S/C9H13N3O2/c10-9-8(1-4-11-12-9)14-7-2-5-13-6-3-7/h1,4,7H,2-3,5-6H2,(H2,10,12). The molecular formula is C9H13N3O2. The maximum atomic E-state index is 5.68. The normalized spacial score (nSPS) is 18.0. The van der Waals surface area contributed by atoms with Crippen molar-refractivity contribution in [3.63, 3.8) is 0 Å². The van der Waals surface area contributed by atoms with E-state index in [1.54, 1.807) is 12.3 Å². The smallest absolute Gasteiger partial charge is 0.188 e. The molecule has 0 saturated carbocycles. The molecule has 1 aromatic heterocycles. The predicted molar refractivity (Wildman–Crippen MR) is 50.9 cm³/mol. The van der Waals surface area contributed by atoms with Gasteiger partial charge in [-0.2, -0.15) is 5.10 Å². The van der Waals surface area contributed by atoms with Crippen molar-refractivity contribution in [1.82, 2.24) is 10.2 Å². The topological polar surface area (TPSA) is 70.3 Å². The van der Waals surface area contributed by atoms with Crippen molar-refractivity contribution in [2.75, 3.05) is 18.9 Å². The summed E-state index contributed by atoms with van der Waals surface area (Å²) in [5, 5.41) is 7.37. The summed E-state index contributed by atoms with van der Waals surface area (Å²) in [6, 6.07) is 1.73. The molecule has 0 aromatic carbocycles. The number of nitrogen functional groups attached to an aromatic ring is 1. The molecule has 0 aliphatic carbocycles. The number of hydrogen-bond acceptors (Lipinski definition) is 5. The van der Waals surface area contributed by atoms with Gasteiger partial charge in [0.05, 0.1) is 19.4 Å². The summed E-state index contributed by atoms with van der Waals surface area (Å²) in [7, 11) is 0. The Labute approximate surface area is 82.2 Å². The molecule has 0 spiro atoms. The molecule has 5 heteroatoms. The summed E-state index contributed by atoms with van der Waals surface area (Å²) in [5.74, 6) is 0.964. The minimum atomic E-state index is 0.190. The molecule has 1 saturated heterocycles. The Balaban J connectivity index is 1.99. The van der Waals surface area contributed by atoms with Crippen LogP contribution >= 0.6 is 0 Å². The van der Waals surface area contributed by atoms with Gasteiger partial charge >= 0.3 is 0 Å². The molecule has 1 fully saturated rings. The molecule has 1 aromatic rings. The largest absolute Gasteiger partial charge is 0.486 e. The summed E-state index contributed by atoms with van der Waals surface area (Å²) in [5.41, 5.74) is 5.61. The minimum absolute atomic E-state index is 0.190. The van der Waals surface area contributed by atoms with Crippen LogP contribution in [0.2, 0.25) is 0 Å². The molecule has 0 amide bonds. The Hall–Kier alpha value is -1.36. The number of nitrogens with zero attached hydrogens (tertiary/aromatic N) is 2. The first-order chi connectivity index (χ1) is 6.86. The van der Waals surface area contributed by atoms with Crippen molar-refractivity contribution in [2.45, 2.75) is 18.9 Å². The van der Waals surface area contributed by atoms with E-state index < -0.39 is 0 Å². The lowest BCUT2D eigenvalue weighted by Gasteiger charge is -2.23. The van der Waals surface area contributed by atoms with Crippen LogP contribution in [0, 0.1) is 0 Å². The maximum absolute atomic E-state index is 5.68. The number of hydrogen-bond donors (Lipinski definition) is 1. The molecule has 1 aliphatic heterocycles. The SMILES string of the molecule is Nc1nnccc1OC1CCOCC1. The third kappa shape index (κ3) is 2.11. The highest BCUT2D eigenvalue weighted by Gasteiger charge is 2.16. The van der Waals surface area contributed by atoms with Gasteiger partial charge in [-0.3, -0.25) is 0 Å². The zero-order valence-electron chi connectivity index (χ0n) is 7.85. The summed E-state index contributed by atoms with van der Waals surface area (Å²) >= 11 is 0. The van der Waals surface area contributed by atoms with Crippen LogP contribution in [0.25, 0.3) is 0 Å². The quantitative estimate of drug-likeness (QED) is 0.749. The second-order valence-electron chi connectivity index (χ2n) is 3.21. The molecule has 14 heavy (non-hydrogen) atoms. The van der Waals surface area contributed by atoms with E-state index in [2.05, 4.69) is 10.2 Å². The second kappa shape index (κ2) is 4.23. The molecule has 2 heterocycles. The number of ether oxygens (including phenoxy) is 2. The third-order valence-corrected chi connectivity index (χ3v) is 2.17. The van der Waals surface area contributed by atoms with Crippen LogP contribution in [0.1, 0.15) is 12.8 Å². The molecule has 0 radical (unpaired) electrons. The van der Waals surface area contributed by atoms with Crippen LogP contribution in [0.3, 0.4) is 0 Å². The summed E-state index contributed by atoms with van der Waals surface area (Å²) in [6.07, 6.45) is 3.57. The number of rotatable bonds is 2. The molecule has 2 rings (SSSR count). The fourth-order valence-electron chi connectivity index (χ4n) is 1.40. The molecule has 76 valence electrons. The Morgan fingerprint density at radius 1 is 1.43 bits per heavy atom. The van der Waals surface area contributed by atoms with Gasteiger partial charge in [-0.1, -0.05) is 0 Å². The van der Waals surface area contributed by atoms with Crippen molar-refractivity contribution in [3.8, 4) is 5.75 Å². The monoisotopic (exact) mass is 195 g/mol. The minimum Gasteiger partial charge on any atom is -0.486 e. The van der Waals surface area contributed by atoms with E-state index in [0.29, 0.717) is 11.6 Å². The highest BCUT2D eigenvalue weighted by atomic mass is 16.5. The highest BCUT2D eigenvalue weighted by molar-refractivity contribution is 5.43. The van der Waals surface area contributed by atoms with E-state index in [-0.39, 0.29) is 6.10 Å². The van der Waals surface area contributed by atoms with Gasteiger partial charge in [0, 0.05) is 18.9 Å². The van der Waals surface area contributed by atoms with Gasteiger partial charge in [0.2, 0.25) is 0 Å². The number of nitrogens with two attached hydrogens (primary N) is 1. The van der Waals surface area contributed by atoms with Crippen molar-refractivity contribution >= 4 is 5.82 Å². The van der Waals surface area contributed by atoms with Crippen molar-refractivity contribution < 1.29 is 9.47 Å². The second-order valence-corrected chi connectivity index (χ2v) is 3.21. The molecule has 0 unspecified atom stereocenters. The molecule has 5 nitrogen and oxygen atoms in total. The Bertz CT molecular complexity index is 300. The van der Waals surface area contributed by atoms with Crippen LogP contribution in [0.5, 0.6) is 5.75 Å². The van der Waals surface area contributed by atoms with Gasteiger partial charge in [0.15, 0.2) is 11.6 Å². The third-order valence-electron chi connectivity index (χ3n) is 2.17. The van der Waals surface area contributed by atoms with Gasteiger partial charge < -0.3 is 15.2 Å². The van der Waals surface area contributed by atoms with Gasteiger partial charge in [0.1, 0.15) is 6.10 Å². The predicted octanol–water partition coefficient (Wildman–Crippen LogP) is 0.617. The van der Waals surface area contributed by atoms with Gasteiger partial charge in [-0.25, -0.2) is 0 Å². The maximum Gasteiger partial charge on any atom is 0.188 e. The van der Waals surface area contributed by atoms with Crippen LogP contribution < -0.4 is 10.5 Å². The van der Waals surface area contributed by atoms with Gasteiger partial charge in [0.25, 0.3) is 0 Å². The van der Waals surface area contributed by atoms with E-state index in [0.717, 1.165) is 26.1 Å². The van der Waals surface area contributed by atoms with Crippen LogP contribution in [0.15, 0.2) is 12.3 Å². The lowest BCUT2D eigenvalue weighted by molar-refractivity contribution is 0.0257. The Kier molecular flexibility index (Phi) is 2.78. The first-order valence-corrected chi connectivity index (χ1v) is 4.68. The lowest BCUT2D eigenvalue weighted by atomic mass is 10.1. The van der Waals surface area contributed by atoms with Crippen LogP contribution in [-0.4, -0.2) is 29.5 Å². The summed E-state index contributed by atoms with van der Waals surface area (Å²) < 4.78 is 10.9. The summed E-state index contributed by atoms with van der Waals surface area (Å²) in [6.45, 7) is 1.51. The highest BCUT2D eigenvalue weighted by Crippen LogP contribution is 2.21. The molecule has 1 aliphatic rings. The van der Waals surface area contributed by atoms with Crippen molar-refractivity contribution in [3.05, 3.63) is 12.3 Å². The van der Waals surface area contributed by atoms with E-state index in [1.807, 2.05) is 0 Å². The Morgan fingerprint density at radius 3 is 2.93 bits per heavy atom. The van der Waals surface area contributed by atoms with Gasteiger partial charge in [-0.05, 0) is 0 Å². The van der Waals surface area contributed by atoms with E-state index >= 15 is 0 Å². The number of aromatic nitrogens is 2. The van der Waals surface area contributed by atoms with Crippen LogP contribution in [0.4, 0.5) is 5.82 Å². The zero-order chi connectivity index (χ0) is 9.80. The fourth-order valence-corrected chi connectivity index (χ4v) is 1.40. The van der Waals surface area contributed by atoms with Gasteiger partial charge in [-0.15, -0.1) is 5.10 Å². The van der Waals surface area contributed by atoms with Crippen molar-refractivity contribution in [2.24, 2.45) is 0 Å². The average Bonchev–Trinajstić information content (AvgIpc) is 2.23. The lowest BCUT2D eigenvalue weighted by Crippen LogP contribution is -2.26. The molecule has 2 N–H and O–H groups in total. The first kappa shape index (κ1) is 9.21. The Morgan fingerprint density at radius 2 is 2.21 bits per heavy atom. The van der Waals surface area contributed by atoms with E-state index in [9.17, 15) is 0 Å². The van der Waals surface area contributed by atoms with E-state index in [1.165, 1.54) is 0 Å². The average molecular weight is 195 g/mol. The van der Waals surface area contributed by atoms with E-state index in [4.69, 9.17) is 15.2 Å². The van der Waals surface area contributed by atoms with Crippen molar-refractivity contribution in [1.29, 1.82) is 0 Å². The van der Waals surface area contributed by atoms with Crippen LogP contribution in [-0.2, 0) is 4.74 Å². The molecule has 0 atom stereocenters. The summed E-state index contributed by atoms with van der Waals surface area (Å²) in [4.78, 5) is 0. The fraction of sp³-hybridized carbons (Fsp3) is 0.556. The zero-order valence-corrected chi connectivity index (χ0v) is 7.85. The first-order valence-electron chi connectivity index (χ1n) is 4.68. The molecule has 0 bridgehead atoms. The number of anilines is 1. The molecular weight excluding hydrogens is 182 g/mol.